The number of hydrogen-bond donors (Lipinski definition) is 1. The lowest BCUT2D eigenvalue weighted by atomic mass is 9.93. The van der Waals surface area contributed by atoms with Gasteiger partial charge in [-0.25, -0.2) is 8.78 Å². The summed E-state index contributed by atoms with van der Waals surface area (Å²) in [6.45, 7) is 3.81. The van der Waals surface area contributed by atoms with Crippen LogP contribution in [-0.4, -0.2) is 18.0 Å². The van der Waals surface area contributed by atoms with Crippen molar-refractivity contribution in [3.8, 4) is 0 Å². The van der Waals surface area contributed by atoms with E-state index < -0.39 is 11.5 Å². The third-order valence-electron chi connectivity index (χ3n) is 2.47. The lowest BCUT2D eigenvalue weighted by Gasteiger charge is -2.29. The summed E-state index contributed by atoms with van der Waals surface area (Å²) in [4.78, 5) is 0. The van der Waals surface area contributed by atoms with Gasteiger partial charge in [0.25, 0.3) is 5.92 Å². The Balaban J connectivity index is 2.76. The van der Waals surface area contributed by atoms with Crippen LogP contribution in [0.15, 0.2) is 0 Å². The Morgan fingerprint density at radius 3 is 2.30 bits per heavy atom. The van der Waals surface area contributed by atoms with Crippen LogP contribution >= 0.6 is 0 Å². The maximum atomic E-state index is 12.9. The fraction of sp³-hybridized carbons (Fsp3) is 1.00. The van der Waals surface area contributed by atoms with Gasteiger partial charge >= 0.3 is 0 Å². The molecule has 1 unspecified atom stereocenters. The van der Waals surface area contributed by atoms with Gasteiger partial charge in [0.15, 0.2) is 0 Å². The molecule has 0 bridgehead atoms. The SMILES string of the molecule is CCC1(C)NCCC1(F)F. The van der Waals surface area contributed by atoms with Crippen molar-refractivity contribution in [1.29, 1.82) is 0 Å². The molecule has 1 atom stereocenters. The van der Waals surface area contributed by atoms with E-state index in [4.69, 9.17) is 0 Å². The number of halogens is 2. The Kier molecular flexibility index (Phi) is 1.71. The summed E-state index contributed by atoms with van der Waals surface area (Å²) < 4.78 is 25.9. The van der Waals surface area contributed by atoms with Gasteiger partial charge < -0.3 is 5.32 Å². The number of nitrogens with one attached hydrogen (secondary N) is 1. The Hall–Kier alpha value is -0.180. The maximum absolute atomic E-state index is 12.9. The van der Waals surface area contributed by atoms with Crippen molar-refractivity contribution in [3.05, 3.63) is 0 Å². The molecule has 0 spiro atoms. The molecule has 1 rings (SSSR count). The summed E-state index contributed by atoms with van der Waals surface area (Å²) in [5.41, 5.74) is -0.951. The summed E-state index contributed by atoms with van der Waals surface area (Å²) in [7, 11) is 0. The van der Waals surface area contributed by atoms with Gasteiger partial charge in [-0.1, -0.05) is 6.92 Å². The molecule has 1 saturated heterocycles. The van der Waals surface area contributed by atoms with Crippen LogP contribution in [0.4, 0.5) is 8.78 Å². The molecule has 60 valence electrons. The highest BCUT2D eigenvalue weighted by Gasteiger charge is 2.52. The van der Waals surface area contributed by atoms with Crippen molar-refractivity contribution in [1.82, 2.24) is 5.32 Å². The molecule has 0 aromatic heterocycles. The van der Waals surface area contributed by atoms with Gasteiger partial charge in [0.1, 0.15) is 0 Å². The smallest absolute Gasteiger partial charge is 0.266 e. The molecule has 1 nitrogen and oxygen atoms in total. The van der Waals surface area contributed by atoms with Crippen LogP contribution in [0.5, 0.6) is 0 Å². The largest absolute Gasteiger partial charge is 0.306 e. The topological polar surface area (TPSA) is 12.0 Å². The zero-order valence-corrected chi connectivity index (χ0v) is 6.38. The first-order valence-electron chi connectivity index (χ1n) is 3.65. The Bertz CT molecular complexity index is 136. The predicted octanol–water partition coefficient (Wildman–Crippen LogP) is 1.78. The third-order valence-corrected chi connectivity index (χ3v) is 2.47. The zero-order chi connectivity index (χ0) is 7.83. The van der Waals surface area contributed by atoms with Gasteiger partial charge in [-0.15, -0.1) is 0 Å². The van der Waals surface area contributed by atoms with Crippen molar-refractivity contribution < 1.29 is 8.78 Å². The van der Waals surface area contributed by atoms with Gasteiger partial charge in [0.05, 0.1) is 5.54 Å². The molecule has 0 aromatic rings. The first kappa shape index (κ1) is 7.92. The van der Waals surface area contributed by atoms with E-state index >= 15 is 0 Å². The van der Waals surface area contributed by atoms with Crippen molar-refractivity contribution in [2.45, 2.75) is 38.2 Å². The average Bonchev–Trinajstić information content (AvgIpc) is 2.10. The first-order valence-corrected chi connectivity index (χ1v) is 3.65. The zero-order valence-electron chi connectivity index (χ0n) is 6.38. The molecule has 0 aliphatic carbocycles. The number of rotatable bonds is 1. The van der Waals surface area contributed by atoms with E-state index in [1.54, 1.807) is 13.8 Å². The molecule has 1 N–H and O–H groups in total. The van der Waals surface area contributed by atoms with E-state index in [2.05, 4.69) is 5.32 Å². The minimum atomic E-state index is -2.51. The molecular weight excluding hydrogens is 136 g/mol. The molecule has 1 fully saturated rings. The van der Waals surface area contributed by atoms with Crippen molar-refractivity contribution in [3.63, 3.8) is 0 Å². The molecule has 0 aromatic carbocycles. The predicted molar refractivity (Wildman–Crippen MR) is 36.3 cm³/mol. The van der Waals surface area contributed by atoms with E-state index in [-0.39, 0.29) is 6.42 Å². The van der Waals surface area contributed by atoms with Gasteiger partial charge in [0.2, 0.25) is 0 Å². The quantitative estimate of drug-likeness (QED) is 0.599. The molecular formula is C7H13F2N. The summed E-state index contributed by atoms with van der Waals surface area (Å²) in [6, 6.07) is 0. The highest BCUT2D eigenvalue weighted by atomic mass is 19.3. The summed E-state index contributed by atoms with van der Waals surface area (Å²) in [5.74, 6) is -2.51. The second kappa shape index (κ2) is 2.16. The highest BCUT2D eigenvalue weighted by Crippen LogP contribution is 2.38. The van der Waals surface area contributed by atoms with Gasteiger partial charge in [-0.05, 0) is 13.3 Å². The Morgan fingerprint density at radius 2 is 2.10 bits per heavy atom. The summed E-state index contributed by atoms with van der Waals surface area (Å²) in [6.07, 6.45) is 0.470. The summed E-state index contributed by atoms with van der Waals surface area (Å²) >= 11 is 0. The molecule has 3 heteroatoms. The minimum absolute atomic E-state index is 0.0165. The molecule has 0 saturated carbocycles. The van der Waals surface area contributed by atoms with Gasteiger partial charge in [0, 0.05) is 13.0 Å². The fourth-order valence-corrected chi connectivity index (χ4v) is 1.28. The van der Waals surface area contributed by atoms with Gasteiger partial charge in [-0.2, -0.15) is 0 Å². The lowest BCUT2D eigenvalue weighted by Crippen LogP contribution is -2.48. The van der Waals surface area contributed by atoms with Crippen LogP contribution in [0.1, 0.15) is 26.7 Å². The van der Waals surface area contributed by atoms with Gasteiger partial charge in [-0.3, -0.25) is 0 Å². The van der Waals surface area contributed by atoms with Crippen LogP contribution < -0.4 is 5.32 Å². The molecule has 1 heterocycles. The van der Waals surface area contributed by atoms with Crippen LogP contribution in [0, 0.1) is 0 Å². The number of alkyl halides is 2. The Morgan fingerprint density at radius 1 is 1.50 bits per heavy atom. The van der Waals surface area contributed by atoms with Crippen LogP contribution in [-0.2, 0) is 0 Å². The lowest BCUT2D eigenvalue weighted by molar-refractivity contribution is -0.0544. The first-order chi connectivity index (χ1) is 4.52. The van der Waals surface area contributed by atoms with E-state index in [1.165, 1.54) is 0 Å². The third kappa shape index (κ3) is 0.926. The molecule has 0 amide bonds. The Labute approximate surface area is 59.8 Å². The van der Waals surface area contributed by atoms with E-state index in [0.717, 1.165) is 0 Å². The standard InChI is InChI=1S/C7H13F2N/c1-3-6(2)7(8,9)4-5-10-6/h10H,3-5H2,1-2H3. The second-order valence-corrected chi connectivity index (χ2v) is 3.07. The molecule has 1 aliphatic heterocycles. The van der Waals surface area contributed by atoms with Crippen molar-refractivity contribution >= 4 is 0 Å². The van der Waals surface area contributed by atoms with Crippen molar-refractivity contribution in [2.75, 3.05) is 6.54 Å². The maximum Gasteiger partial charge on any atom is 0.266 e. The van der Waals surface area contributed by atoms with Crippen LogP contribution in [0.3, 0.4) is 0 Å². The van der Waals surface area contributed by atoms with Crippen LogP contribution in [0.25, 0.3) is 0 Å². The number of hydrogen-bond acceptors (Lipinski definition) is 1. The summed E-state index contributed by atoms with van der Waals surface area (Å²) in [5, 5.41) is 2.82. The fourth-order valence-electron chi connectivity index (χ4n) is 1.28. The monoisotopic (exact) mass is 149 g/mol. The van der Waals surface area contributed by atoms with E-state index in [0.29, 0.717) is 13.0 Å². The average molecular weight is 149 g/mol. The minimum Gasteiger partial charge on any atom is -0.306 e. The molecule has 10 heavy (non-hydrogen) atoms. The highest BCUT2D eigenvalue weighted by molar-refractivity contribution is 5.01. The normalized spacial score (nSPS) is 38.4. The second-order valence-electron chi connectivity index (χ2n) is 3.07. The molecule has 0 radical (unpaired) electrons. The van der Waals surface area contributed by atoms with Crippen LogP contribution in [0.2, 0.25) is 0 Å². The van der Waals surface area contributed by atoms with E-state index in [1.807, 2.05) is 0 Å². The van der Waals surface area contributed by atoms with Crippen molar-refractivity contribution in [2.24, 2.45) is 0 Å². The molecule has 1 aliphatic rings. The van der Waals surface area contributed by atoms with E-state index in [9.17, 15) is 8.78 Å².